The molecule has 1 N–H and O–H groups in total. The van der Waals surface area contributed by atoms with Crippen molar-refractivity contribution in [2.24, 2.45) is 0 Å². The van der Waals surface area contributed by atoms with E-state index >= 15 is 0 Å². The van der Waals surface area contributed by atoms with E-state index in [9.17, 15) is 13.2 Å². The number of hydrogen-bond donors (Lipinski definition) is 1. The van der Waals surface area contributed by atoms with Crippen LogP contribution in [0.15, 0.2) is 42.5 Å². The summed E-state index contributed by atoms with van der Waals surface area (Å²) in [5.74, 6) is 1.05. The molecule has 0 heterocycles. The summed E-state index contributed by atoms with van der Waals surface area (Å²) in [5, 5.41) is 3.00. The van der Waals surface area contributed by atoms with Gasteiger partial charge in [-0.05, 0) is 37.3 Å². The Labute approximate surface area is 181 Å². The van der Waals surface area contributed by atoms with Crippen molar-refractivity contribution in [3.63, 3.8) is 0 Å². The molecule has 0 fully saturated rings. The average molecular weight is 457 g/mol. The van der Waals surface area contributed by atoms with E-state index < -0.39 is 22.0 Å². The average Bonchev–Trinajstić information content (AvgIpc) is 2.70. The summed E-state index contributed by atoms with van der Waals surface area (Å²) >= 11 is 6.03. The lowest BCUT2D eigenvalue weighted by atomic mass is 10.2. The Morgan fingerprint density at radius 2 is 1.83 bits per heavy atom. The van der Waals surface area contributed by atoms with E-state index in [-0.39, 0.29) is 24.6 Å². The van der Waals surface area contributed by atoms with Crippen molar-refractivity contribution < 1.29 is 27.4 Å². The summed E-state index contributed by atoms with van der Waals surface area (Å²) in [5.41, 5.74) is 0.183. The van der Waals surface area contributed by atoms with Crippen LogP contribution >= 0.6 is 11.6 Å². The molecule has 2 aromatic carbocycles. The maximum absolute atomic E-state index is 12.6. The molecule has 1 amide bonds. The van der Waals surface area contributed by atoms with Gasteiger partial charge in [-0.2, -0.15) is 0 Å². The lowest BCUT2D eigenvalue weighted by Gasteiger charge is -2.29. The lowest BCUT2D eigenvalue weighted by Crippen LogP contribution is -2.48. The molecular formula is C20H25ClN2O6S. The first-order valence-electron chi connectivity index (χ1n) is 9.05. The van der Waals surface area contributed by atoms with Gasteiger partial charge >= 0.3 is 0 Å². The quantitative estimate of drug-likeness (QED) is 0.552. The molecule has 30 heavy (non-hydrogen) atoms. The number of amides is 1. The van der Waals surface area contributed by atoms with Gasteiger partial charge in [-0.3, -0.25) is 9.10 Å². The van der Waals surface area contributed by atoms with E-state index in [2.05, 4.69) is 5.32 Å². The zero-order chi connectivity index (χ0) is 22.3. The number of carbonyl (C=O) groups excluding carboxylic acids is 1. The number of benzene rings is 2. The third-order valence-electron chi connectivity index (χ3n) is 4.18. The maximum Gasteiger partial charge on any atom is 0.243 e. The number of halogens is 1. The fourth-order valence-electron chi connectivity index (χ4n) is 2.80. The van der Waals surface area contributed by atoms with Crippen LogP contribution in [0.25, 0.3) is 0 Å². The van der Waals surface area contributed by atoms with Gasteiger partial charge in [-0.25, -0.2) is 8.42 Å². The van der Waals surface area contributed by atoms with Crippen LogP contribution in [0.2, 0.25) is 5.02 Å². The van der Waals surface area contributed by atoms with Crippen LogP contribution in [0.4, 0.5) is 5.69 Å². The molecule has 0 aliphatic heterocycles. The number of methoxy groups -OCH3 is 2. The molecular weight excluding hydrogens is 432 g/mol. The predicted molar refractivity (Wildman–Crippen MR) is 116 cm³/mol. The highest BCUT2D eigenvalue weighted by Crippen LogP contribution is 2.34. The van der Waals surface area contributed by atoms with E-state index in [1.807, 2.05) is 0 Å². The van der Waals surface area contributed by atoms with Crippen LogP contribution in [0, 0.1) is 0 Å². The summed E-state index contributed by atoms with van der Waals surface area (Å²) in [7, 11) is -0.835. The van der Waals surface area contributed by atoms with Gasteiger partial charge in [-0.1, -0.05) is 17.7 Å². The molecule has 0 spiro atoms. The molecule has 0 radical (unpaired) electrons. The van der Waals surface area contributed by atoms with Crippen molar-refractivity contribution in [2.75, 3.05) is 37.9 Å². The standard InChI is InChI=1S/C20H25ClN2O6S/c1-14(20(24)22-10-11-29-17-7-5-6-16(13-17)27-2)23(30(4,25)26)18-12-15(21)8-9-19(18)28-3/h5-9,12-14H,10-11H2,1-4H3,(H,22,24). The van der Waals surface area contributed by atoms with Crippen molar-refractivity contribution in [2.45, 2.75) is 13.0 Å². The SMILES string of the molecule is COc1cccc(OCCNC(=O)C(C)N(c2cc(Cl)ccc2OC)S(C)(=O)=O)c1. The summed E-state index contributed by atoms with van der Waals surface area (Å²) in [6, 6.07) is 10.6. The second-order valence-corrected chi connectivity index (χ2v) is 8.67. The van der Waals surface area contributed by atoms with E-state index in [0.717, 1.165) is 10.6 Å². The molecule has 1 atom stereocenters. The number of sulfonamides is 1. The first kappa shape index (κ1) is 23.6. The van der Waals surface area contributed by atoms with Crippen molar-refractivity contribution in [1.82, 2.24) is 5.32 Å². The van der Waals surface area contributed by atoms with Crippen LogP contribution < -0.4 is 23.8 Å². The van der Waals surface area contributed by atoms with Gasteiger partial charge in [0.15, 0.2) is 0 Å². The van der Waals surface area contributed by atoms with Gasteiger partial charge in [0.2, 0.25) is 15.9 Å². The molecule has 0 aromatic heterocycles. The molecule has 0 saturated heterocycles. The van der Waals surface area contributed by atoms with Gasteiger partial charge in [0, 0.05) is 11.1 Å². The van der Waals surface area contributed by atoms with E-state index in [1.165, 1.54) is 20.1 Å². The molecule has 1 unspecified atom stereocenters. The van der Waals surface area contributed by atoms with Crippen molar-refractivity contribution in [1.29, 1.82) is 0 Å². The molecule has 0 aliphatic carbocycles. The van der Waals surface area contributed by atoms with Gasteiger partial charge in [0.1, 0.15) is 29.9 Å². The van der Waals surface area contributed by atoms with E-state index in [0.29, 0.717) is 16.5 Å². The first-order chi connectivity index (χ1) is 14.2. The van der Waals surface area contributed by atoms with Crippen LogP contribution in [-0.4, -0.2) is 54.0 Å². The fourth-order valence-corrected chi connectivity index (χ4v) is 4.13. The second kappa shape index (κ2) is 10.4. The van der Waals surface area contributed by atoms with Crippen LogP contribution in [0.5, 0.6) is 17.2 Å². The largest absolute Gasteiger partial charge is 0.497 e. The second-order valence-electron chi connectivity index (χ2n) is 6.37. The monoisotopic (exact) mass is 456 g/mol. The third-order valence-corrected chi connectivity index (χ3v) is 5.64. The molecule has 2 aromatic rings. The van der Waals surface area contributed by atoms with Gasteiger partial charge in [0.25, 0.3) is 0 Å². The number of hydrogen-bond acceptors (Lipinski definition) is 6. The van der Waals surface area contributed by atoms with Crippen molar-refractivity contribution in [3.8, 4) is 17.2 Å². The van der Waals surface area contributed by atoms with E-state index in [4.69, 9.17) is 25.8 Å². The Balaban J connectivity index is 2.07. The third kappa shape index (κ3) is 6.17. The molecule has 0 saturated carbocycles. The van der Waals surface area contributed by atoms with Crippen LogP contribution in [0.3, 0.4) is 0 Å². The number of nitrogens with one attached hydrogen (secondary N) is 1. The normalized spacial score (nSPS) is 12.0. The minimum atomic E-state index is -3.80. The number of nitrogens with zero attached hydrogens (tertiary/aromatic N) is 1. The van der Waals surface area contributed by atoms with Crippen molar-refractivity contribution in [3.05, 3.63) is 47.5 Å². The summed E-state index contributed by atoms with van der Waals surface area (Å²) in [6.07, 6.45) is 1.02. The molecule has 2 rings (SSSR count). The number of rotatable bonds is 10. The summed E-state index contributed by atoms with van der Waals surface area (Å²) in [6.45, 7) is 1.87. The fraction of sp³-hybridized carbons (Fsp3) is 0.350. The minimum absolute atomic E-state index is 0.183. The maximum atomic E-state index is 12.6. The zero-order valence-electron chi connectivity index (χ0n) is 17.2. The highest BCUT2D eigenvalue weighted by Gasteiger charge is 2.31. The number of ether oxygens (including phenoxy) is 3. The molecule has 164 valence electrons. The smallest absolute Gasteiger partial charge is 0.243 e. The van der Waals surface area contributed by atoms with Gasteiger partial charge in [-0.15, -0.1) is 0 Å². The molecule has 10 heteroatoms. The Kier molecular flexibility index (Phi) is 8.19. The summed E-state index contributed by atoms with van der Waals surface area (Å²) < 4.78 is 41.8. The Bertz CT molecular complexity index is 983. The summed E-state index contributed by atoms with van der Waals surface area (Å²) in [4.78, 5) is 12.6. The number of anilines is 1. The van der Waals surface area contributed by atoms with Crippen LogP contribution in [0.1, 0.15) is 6.92 Å². The highest BCUT2D eigenvalue weighted by atomic mass is 35.5. The van der Waals surface area contributed by atoms with Gasteiger partial charge in [0.05, 0.1) is 32.7 Å². The van der Waals surface area contributed by atoms with Crippen LogP contribution in [-0.2, 0) is 14.8 Å². The highest BCUT2D eigenvalue weighted by molar-refractivity contribution is 7.92. The first-order valence-corrected chi connectivity index (χ1v) is 11.3. The molecule has 0 bridgehead atoms. The lowest BCUT2D eigenvalue weighted by molar-refractivity contribution is -0.121. The zero-order valence-corrected chi connectivity index (χ0v) is 18.8. The van der Waals surface area contributed by atoms with E-state index in [1.54, 1.807) is 43.5 Å². The molecule has 8 nitrogen and oxygen atoms in total. The van der Waals surface area contributed by atoms with Gasteiger partial charge < -0.3 is 19.5 Å². The Morgan fingerprint density at radius 1 is 1.13 bits per heavy atom. The molecule has 0 aliphatic rings. The number of carbonyl (C=O) groups is 1. The minimum Gasteiger partial charge on any atom is -0.497 e. The topological polar surface area (TPSA) is 94.2 Å². The Morgan fingerprint density at radius 3 is 2.47 bits per heavy atom. The van der Waals surface area contributed by atoms with Crippen molar-refractivity contribution >= 4 is 33.2 Å². The Hall–Kier alpha value is -2.65. The predicted octanol–water partition coefficient (Wildman–Crippen LogP) is 2.71.